The number of anilines is 1. The van der Waals surface area contributed by atoms with Gasteiger partial charge in [-0.2, -0.15) is 0 Å². The monoisotopic (exact) mass is 218 g/mol. The highest BCUT2D eigenvalue weighted by Crippen LogP contribution is 2.17. The van der Waals surface area contributed by atoms with Gasteiger partial charge >= 0.3 is 0 Å². The molecule has 0 aliphatic carbocycles. The Kier molecular flexibility index (Phi) is 4.67. The maximum atomic E-state index is 8.17. The Morgan fingerprint density at radius 3 is 2.44 bits per heavy atom. The van der Waals surface area contributed by atoms with Gasteiger partial charge in [-0.3, -0.25) is 0 Å². The highest BCUT2D eigenvalue weighted by molar-refractivity contribution is 5.50. The lowest BCUT2D eigenvalue weighted by Gasteiger charge is -2.20. The first-order chi connectivity index (χ1) is 7.63. The molecule has 1 aromatic carbocycles. The molecule has 0 radical (unpaired) electrons. The van der Waals surface area contributed by atoms with Gasteiger partial charge in [-0.25, -0.2) is 0 Å². The van der Waals surface area contributed by atoms with Gasteiger partial charge in [-0.1, -0.05) is 11.2 Å². The first-order valence-electron chi connectivity index (χ1n) is 5.44. The van der Waals surface area contributed by atoms with E-state index in [1.165, 1.54) is 16.8 Å². The lowest BCUT2D eigenvalue weighted by molar-refractivity contribution is 0.791. The van der Waals surface area contributed by atoms with Crippen LogP contribution in [-0.4, -0.2) is 20.1 Å². The molecule has 0 aliphatic rings. The van der Waals surface area contributed by atoms with Crippen molar-refractivity contribution in [3.63, 3.8) is 0 Å². The smallest absolute Gasteiger partial charge is 0.0368 e. The van der Waals surface area contributed by atoms with Crippen LogP contribution in [0.2, 0.25) is 0 Å². The van der Waals surface area contributed by atoms with Crippen molar-refractivity contribution in [1.82, 2.24) is 0 Å². The summed E-state index contributed by atoms with van der Waals surface area (Å²) in [4.78, 5) is 4.93. The molecule has 0 atom stereocenters. The molecule has 0 heterocycles. The lowest BCUT2D eigenvalue weighted by atomic mass is 10.1. The van der Waals surface area contributed by atoms with Crippen molar-refractivity contribution in [1.29, 1.82) is 0 Å². The van der Waals surface area contributed by atoms with Crippen LogP contribution in [-0.2, 0) is 0 Å². The van der Waals surface area contributed by atoms with Crippen LogP contribution in [0.15, 0.2) is 23.3 Å². The molecule has 0 saturated heterocycles. The minimum atomic E-state index is 0.561. The van der Waals surface area contributed by atoms with E-state index in [-0.39, 0.29) is 0 Å². The number of hydrogen-bond donors (Lipinski definition) is 0. The summed E-state index contributed by atoms with van der Waals surface area (Å²) in [5, 5.41) is 3.53. The van der Waals surface area contributed by atoms with Crippen LogP contribution in [0.5, 0.6) is 0 Å². The number of azide groups is 1. The summed E-state index contributed by atoms with van der Waals surface area (Å²) in [6.07, 6.45) is 0.882. The Hall–Kier alpha value is -1.67. The molecule has 4 heteroatoms. The largest absolute Gasteiger partial charge is 0.375 e. The third-order valence-corrected chi connectivity index (χ3v) is 2.46. The third kappa shape index (κ3) is 3.83. The van der Waals surface area contributed by atoms with Gasteiger partial charge in [0, 0.05) is 30.7 Å². The van der Waals surface area contributed by atoms with Gasteiger partial charge in [0.15, 0.2) is 0 Å². The molecule has 0 N–H and O–H groups in total. The first-order valence-corrected chi connectivity index (χ1v) is 5.44. The Morgan fingerprint density at radius 1 is 1.25 bits per heavy atom. The number of benzene rings is 1. The van der Waals surface area contributed by atoms with Gasteiger partial charge < -0.3 is 4.90 Å². The zero-order valence-corrected chi connectivity index (χ0v) is 10.1. The summed E-state index contributed by atoms with van der Waals surface area (Å²) in [6, 6.07) is 6.50. The summed E-state index contributed by atoms with van der Waals surface area (Å²) < 4.78 is 0. The molecule has 0 bridgehead atoms. The molecule has 4 nitrogen and oxygen atoms in total. The Labute approximate surface area is 96.5 Å². The van der Waals surface area contributed by atoms with E-state index < -0.39 is 0 Å². The van der Waals surface area contributed by atoms with Crippen molar-refractivity contribution in [2.45, 2.75) is 20.3 Å². The molecule has 0 amide bonds. The third-order valence-electron chi connectivity index (χ3n) is 2.46. The summed E-state index contributed by atoms with van der Waals surface area (Å²) in [6.45, 7) is 5.67. The van der Waals surface area contributed by atoms with Gasteiger partial charge in [-0.05, 0) is 49.1 Å². The fourth-order valence-electron chi connectivity index (χ4n) is 1.72. The summed E-state index contributed by atoms with van der Waals surface area (Å²) >= 11 is 0. The van der Waals surface area contributed by atoms with E-state index >= 15 is 0 Å². The van der Waals surface area contributed by atoms with Gasteiger partial charge in [0.25, 0.3) is 0 Å². The lowest BCUT2D eigenvalue weighted by Crippen LogP contribution is -2.19. The fourth-order valence-corrected chi connectivity index (χ4v) is 1.72. The molecule has 16 heavy (non-hydrogen) atoms. The predicted molar refractivity (Wildman–Crippen MR) is 67.8 cm³/mol. The molecule has 0 aromatic heterocycles. The second-order valence-electron chi connectivity index (χ2n) is 4.08. The van der Waals surface area contributed by atoms with Crippen molar-refractivity contribution in [3.8, 4) is 0 Å². The SMILES string of the molecule is Cc1cc(C)cc(N(C)CCCN=[N+]=[N-])c1. The second kappa shape index (κ2) is 6.03. The number of rotatable bonds is 5. The average molecular weight is 218 g/mol. The van der Waals surface area contributed by atoms with Gasteiger partial charge in [-0.15, -0.1) is 0 Å². The minimum Gasteiger partial charge on any atom is -0.375 e. The van der Waals surface area contributed by atoms with E-state index in [1.807, 2.05) is 0 Å². The molecular formula is C12H18N4. The van der Waals surface area contributed by atoms with Gasteiger partial charge in [0.2, 0.25) is 0 Å². The maximum Gasteiger partial charge on any atom is 0.0368 e. The highest BCUT2D eigenvalue weighted by atomic mass is 15.1. The number of nitrogens with zero attached hydrogens (tertiary/aromatic N) is 4. The molecule has 86 valence electrons. The quantitative estimate of drug-likeness (QED) is 0.323. The standard InChI is InChI=1S/C12H18N4/c1-10-7-11(2)9-12(8-10)16(3)6-4-5-14-15-13/h7-9H,4-6H2,1-3H3. The van der Waals surface area contributed by atoms with E-state index in [0.29, 0.717) is 6.54 Å². The molecular weight excluding hydrogens is 200 g/mol. The molecule has 0 saturated carbocycles. The van der Waals surface area contributed by atoms with Crippen molar-refractivity contribution < 1.29 is 0 Å². The Bertz CT molecular complexity index is 374. The van der Waals surface area contributed by atoms with Gasteiger partial charge in [0.1, 0.15) is 0 Å². The zero-order valence-electron chi connectivity index (χ0n) is 10.1. The normalized spacial score (nSPS) is 9.69. The van der Waals surface area contributed by atoms with Crippen molar-refractivity contribution in [2.75, 3.05) is 25.0 Å². The molecule has 1 rings (SSSR count). The molecule has 0 fully saturated rings. The van der Waals surface area contributed by atoms with Crippen LogP contribution in [0.3, 0.4) is 0 Å². The first kappa shape index (κ1) is 12.4. The fraction of sp³-hybridized carbons (Fsp3) is 0.500. The van der Waals surface area contributed by atoms with Crippen LogP contribution in [0.25, 0.3) is 10.4 Å². The van der Waals surface area contributed by atoms with Crippen LogP contribution in [0.4, 0.5) is 5.69 Å². The molecule has 0 spiro atoms. The van der Waals surface area contributed by atoms with Crippen molar-refractivity contribution in [2.24, 2.45) is 5.11 Å². The summed E-state index contributed by atoms with van der Waals surface area (Å²) in [5.74, 6) is 0. The topological polar surface area (TPSA) is 52.0 Å². The van der Waals surface area contributed by atoms with Crippen molar-refractivity contribution in [3.05, 3.63) is 39.8 Å². The maximum absolute atomic E-state index is 8.17. The second-order valence-corrected chi connectivity index (χ2v) is 4.08. The van der Waals surface area contributed by atoms with E-state index in [2.05, 4.69) is 54.0 Å². The highest BCUT2D eigenvalue weighted by Gasteiger charge is 2.01. The van der Waals surface area contributed by atoms with Crippen LogP contribution >= 0.6 is 0 Å². The van der Waals surface area contributed by atoms with E-state index in [0.717, 1.165) is 13.0 Å². The van der Waals surface area contributed by atoms with Crippen molar-refractivity contribution >= 4 is 5.69 Å². The summed E-state index contributed by atoms with van der Waals surface area (Å²) in [7, 11) is 2.06. The summed E-state index contributed by atoms with van der Waals surface area (Å²) in [5.41, 5.74) is 11.9. The molecule has 0 aliphatic heterocycles. The van der Waals surface area contributed by atoms with E-state index in [9.17, 15) is 0 Å². The van der Waals surface area contributed by atoms with E-state index in [1.54, 1.807) is 0 Å². The van der Waals surface area contributed by atoms with Gasteiger partial charge in [0.05, 0.1) is 0 Å². The number of aryl methyl sites for hydroxylation is 2. The van der Waals surface area contributed by atoms with Crippen LogP contribution in [0.1, 0.15) is 17.5 Å². The molecule has 0 unspecified atom stereocenters. The molecule has 1 aromatic rings. The zero-order chi connectivity index (χ0) is 12.0. The van der Waals surface area contributed by atoms with Crippen LogP contribution < -0.4 is 4.90 Å². The van der Waals surface area contributed by atoms with E-state index in [4.69, 9.17) is 5.53 Å². The minimum absolute atomic E-state index is 0.561. The van der Waals surface area contributed by atoms with Crippen LogP contribution in [0, 0.1) is 13.8 Å². The average Bonchev–Trinajstić information content (AvgIpc) is 2.22. The number of hydrogen-bond acceptors (Lipinski definition) is 2. The predicted octanol–water partition coefficient (Wildman–Crippen LogP) is 3.44. The Morgan fingerprint density at radius 2 is 1.88 bits per heavy atom. The Balaban J connectivity index is 2.58.